The number of fused-ring (bicyclic) bond motifs is 1. The molecule has 2 N–H and O–H groups in total. The minimum atomic E-state index is -0.633. The number of carbonyl (C=O) groups is 2. The zero-order chi connectivity index (χ0) is 30.7. The highest BCUT2D eigenvalue weighted by atomic mass is 35.5. The number of allylic oxidation sites excluding steroid dienone is 1. The van der Waals surface area contributed by atoms with E-state index in [1.165, 1.54) is 0 Å². The summed E-state index contributed by atoms with van der Waals surface area (Å²) in [6, 6.07) is 18.4. The Morgan fingerprint density at radius 1 is 0.977 bits per heavy atom. The van der Waals surface area contributed by atoms with Gasteiger partial charge in [-0.1, -0.05) is 49.7 Å². The fraction of sp³-hybridized carbons (Fsp3) is 0.353. The second-order valence-corrected chi connectivity index (χ2v) is 12.1. The van der Waals surface area contributed by atoms with Crippen molar-refractivity contribution < 1.29 is 23.8 Å². The molecule has 8 nitrogen and oxygen atoms in total. The Kier molecular flexibility index (Phi) is 8.87. The van der Waals surface area contributed by atoms with Gasteiger partial charge in [0.15, 0.2) is 17.3 Å². The van der Waals surface area contributed by atoms with Crippen molar-refractivity contribution in [3.8, 4) is 17.2 Å². The van der Waals surface area contributed by atoms with Crippen LogP contribution in [0, 0.1) is 5.41 Å². The Morgan fingerprint density at radius 3 is 2.35 bits per heavy atom. The normalized spacial score (nSPS) is 17.3. The van der Waals surface area contributed by atoms with Gasteiger partial charge in [-0.15, -0.1) is 0 Å². The number of nitrogens with zero attached hydrogens (tertiary/aromatic N) is 1. The first-order chi connectivity index (χ1) is 20.6. The summed E-state index contributed by atoms with van der Waals surface area (Å²) in [7, 11) is 4.72. The van der Waals surface area contributed by atoms with E-state index in [1.807, 2.05) is 59.5 Å². The maximum absolute atomic E-state index is 14.1. The fourth-order valence-electron chi connectivity index (χ4n) is 6.03. The van der Waals surface area contributed by atoms with E-state index in [1.54, 1.807) is 27.4 Å². The first-order valence-corrected chi connectivity index (χ1v) is 14.7. The smallest absolute Gasteiger partial charge is 0.239 e. The van der Waals surface area contributed by atoms with E-state index in [4.69, 9.17) is 25.8 Å². The molecule has 1 aliphatic heterocycles. The van der Waals surface area contributed by atoms with Gasteiger partial charge in [-0.05, 0) is 54.2 Å². The van der Waals surface area contributed by atoms with Gasteiger partial charge < -0.3 is 29.7 Å². The third-order valence-electron chi connectivity index (χ3n) is 8.00. The molecule has 1 heterocycles. The van der Waals surface area contributed by atoms with Crippen molar-refractivity contribution >= 4 is 34.7 Å². The number of ketones is 1. The van der Waals surface area contributed by atoms with Crippen LogP contribution in [0.3, 0.4) is 0 Å². The predicted octanol–water partition coefficient (Wildman–Crippen LogP) is 6.34. The van der Waals surface area contributed by atoms with Crippen molar-refractivity contribution in [1.82, 2.24) is 5.32 Å². The Balaban J connectivity index is 1.60. The van der Waals surface area contributed by atoms with Crippen LogP contribution in [0.4, 0.5) is 11.4 Å². The van der Waals surface area contributed by atoms with Crippen molar-refractivity contribution in [3.63, 3.8) is 0 Å². The largest absolute Gasteiger partial charge is 0.496 e. The van der Waals surface area contributed by atoms with Gasteiger partial charge in [0.2, 0.25) is 5.91 Å². The molecule has 9 heteroatoms. The molecule has 1 amide bonds. The van der Waals surface area contributed by atoms with Gasteiger partial charge in [0.25, 0.3) is 0 Å². The first kappa shape index (κ1) is 30.3. The number of ether oxygens (including phenoxy) is 3. The highest BCUT2D eigenvalue weighted by Crippen LogP contribution is 2.51. The molecule has 0 saturated carbocycles. The number of methoxy groups -OCH3 is 3. The summed E-state index contributed by atoms with van der Waals surface area (Å²) in [6.45, 7) is 4.67. The monoisotopic (exact) mass is 603 g/mol. The van der Waals surface area contributed by atoms with Crippen molar-refractivity contribution in [3.05, 3.63) is 88.1 Å². The van der Waals surface area contributed by atoms with Crippen LogP contribution in [-0.2, 0) is 16.0 Å². The van der Waals surface area contributed by atoms with Crippen LogP contribution in [0.15, 0.2) is 71.9 Å². The van der Waals surface area contributed by atoms with E-state index in [-0.39, 0.29) is 23.7 Å². The van der Waals surface area contributed by atoms with Crippen molar-refractivity contribution in [2.45, 2.75) is 39.2 Å². The zero-order valence-corrected chi connectivity index (χ0v) is 26.0. The van der Waals surface area contributed by atoms with Crippen molar-refractivity contribution in [2.24, 2.45) is 5.41 Å². The Bertz CT molecular complexity index is 1550. The highest BCUT2D eigenvalue weighted by Gasteiger charge is 2.43. The molecular weight excluding hydrogens is 566 g/mol. The molecule has 226 valence electrons. The SMILES string of the molecule is COc1cc(OC)c(C2C3=C(CC(C)(C)CC3=O)Nc3ccccc3N2CC(=O)NCCc2ccc(Cl)cc2)cc1OC. The zero-order valence-electron chi connectivity index (χ0n) is 25.3. The van der Waals surface area contributed by atoms with Gasteiger partial charge in [-0.3, -0.25) is 9.59 Å². The third-order valence-corrected chi connectivity index (χ3v) is 8.25. The minimum Gasteiger partial charge on any atom is -0.496 e. The molecule has 3 aromatic carbocycles. The van der Waals surface area contributed by atoms with Crippen LogP contribution in [0.5, 0.6) is 17.2 Å². The summed E-state index contributed by atoms with van der Waals surface area (Å²) in [6.07, 6.45) is 1.73. The lowest BCUT2D eigenvalue weighted by Crippen LogP contribution is -2.42. The van der Waals surface area contributed by atoms with E-state index in [0.717, 1.165) is 22.6 Å². The van der Waals surface area contributed by atoms with Crippen LogP contribution < -0.4 is 29.7 Å². The van der Waals surface area contributed by atoms with Crippen LogP contribution in [-0.4, -0.2) is 46.1 Å². The molecule has 0 saturated heterocycles. The summed E-state index contributed by atoms with van der Waals surface area (Å²) in [5.41, 5.74) is 4.66. The molecule has 2 aliphatic rings. The lowest BCUT2D eigenvalue weighted by molar-refractivity contribution is -0.120. The molecule has 1 atom stereocenters. The number of para-hydroxylation sites is 2. The lowest BCUT2D eigenvalue weighted by Gasteiger charge is -2.38. The van der Waals surface area contributed by atoms with Gasteiger partial charge in [0.05, 0.1) is 45.3 Å². The first-order valence-electron chi connectivity index (χ1n) is 14.3. The maximum atomic E-state index is 14.1. The van der Waals surface area contributed by atoms with Gasteiger partial charge >= 0.3 is 0 Å². The summed E-state index contributed by atoms with van der Waals surface area (Å²) in [5.74, 6) is 1.40. The number of hydrogen-bond donors (Lipinski definition) is 2. The molecule has 0 spiro atoms. The molecule has 0 radical (unpaired) electrons. The summed E-state index contributed by atoms with van der Waals surface area (Å²) in [4.78, 5) is 29.7. The Labute approximate surface area is 258 Å². The number of nitrogens with one attached hydrogen (secondary N) is 2. The Morgan fingerprint density at radius 2 is 1.65 bits per heavy atom. The topological polar surface area (TPSA) is 89.1 Å². The molecule has 3 aromatic rings. The molecule has 5 rings (SSSR count). The molecular formula is C34H38ClN3O5. The van der Waals surface area contributed by atoms with E-state index in [9.17, 15) is 9.59 Å². The standard InChI is InChI=1S/C34H38ClN3O5/c1-34(2)18-25-32(27(39)19-34)33(23-16-29(42-4)30(43-5)17-28(23)41-3)38(26-9-7-6-8-24(26)37-25)20-31(40)36-15-14-21-10-12-22(35)13-11-21/h6-13,16-17,33,37H,14-15,18-20H2,1-5H3,(H,36,40). The van der Waals surface area contributed by atoms with E-state index in [0.29, 0.717) is 59.2 Å². The van der Waals surface area contributed by atoms with E-state index >= 15 is 0 Å². The number of anilines is 2. The van der Waals surface area contributed by atoms with E-state index < -0.39 is 6.04 Å². The summed E-state index contributed by atoms with van der Waals surface area (Å²) in [5, 5.41) is 7.33. The molecule has 43 heavy (non-hydrogen) atoms. The van der Waals surface area contributed by atoms with Gasteiger partial charge in [0.1, 0.15) is 5.75 Å². The highest BCUT2D eigenvalue weighted by molar-refractivity contribution is 6.30. The second kappa shape index (κ2) is 12.6. The number of carbonyl (C=O) groups excluding carboxylic acids is 2. The second-order valence-electron chi connectivity index (χ2n) is 11.7. The average molecular weight is 604 g/mol. The van der Waals surface area contributed by atoms with Crippen LogP contribution >= 0.6 is 11.6 Å². The number of amides is 1. The summed E-state index contributed by atoms with van der Waals surface area (Å²) < 4.78 is 17.1. The van der Waals surface area contributed by atoms with Gasteiger partial charge in [-0.2, -0.15) is 0 Å². The third kappa shape index (κ3) is 6.44. The van der Waals surface area contributed by atoms with Crippen LogP contribution in [0.2, 0.25) is 5.02 Å². The number of halogens is 1. The van der Waals surface area contributed by atoms with Crippen molar-refractivity contribution in [1.29, 1.82) is 0 Å². The molecule has 1 unspecified atom stereocenters. The quantitative estimate of drug-likeness (QED) is 0.295. The van der Waals surface area contributed by atoms with Crippen LogP contribution in [0.1, 0.15) is 43.9 Å². The maximum Gasteiger partial charge on any atom is 0.239 e. The minimum absolute atomic E-state index is 0.00886. The molecule has 0 bridgehead atoms. The number of hydrogen-bond acceptors (Lipinski definition) is 7. The Hall–Kier alpha value is -4.17. The average Bonchev–Trinajstić information content (AvgIpc) is 3.11. The number of Topliss-reactive ketones (excluding diaryl/α,β-unsaturated/α-hetero) is 1. The van der Waals surface area contributed by atoms with Gasteiger partial charge in [-0.25, -0.2) is 0 Å². The predicted molar refractivity (Wildman–Crippen MR) is 169 cm³/mol. The lowest BCUT2D eigenvalue weighted by atomic mass is 9.73. The van der Waals surface area contributed by atoms with Gasteiger partial charge in [0, 0.05) is 40.9 Å². The van der Waals surface area contributed by atoms with Crippen LogP contribution in [0.25, 0.3) is 0 Å². The van der Waals surface area contributed by atoms with E-state index in [2.05, 4.69) is 24.5 Å². The van der Waals surface area contributed by atoms with Crippen molar-refractivity contribution in [2.75, 3.05) is 44.6 Å². The molecule has 1 aliphatic carbocycles. The fourth-order valence-corrected chi connectivity index (χ4v) is 6.15. The number of benzene rings is 3. The molecule has 0 fully saturated rings. The number of rotatable bonds is 9. The molecule has 0 aromatic heterocycles. The summed E-state index contributed by atoms with van der Waals surface area (Å²) >= 11 is 6.02.